The van der Waals surface area contributed by atoms with Gasteiger partial charge in [-0.1, -0.05) is 58.0 Å². The van der Waals surface area contributed by atoms with Gasteiger partial charge in [0, 0.05) is 11.1 Å². The third-order valence-corrected chi connectivity index (χ3v) is 5.28. The molecule has 1 nitrogen and oxygen atoms in total. The number of ether oxygens (including phenoxy) is 1. The zero-order valence-corrected chi connectivity index (χ0v) is 15.3. The van der Waals surface area contributed by atoms with Gasteiger partial charge in [0.05, 0.1) is 30.7 Å². The van der Waals surface area contributed by atoms with Crippen molar-refractivity contribution < 1.29 is 26.7 Å². The van der Waals surface area contributed by atoms with Crippen LogP contribution in [0.2, 0.25) is 25.1 Å². The van der Waals surface area contributed by atoms with Crippen molar-refractivity contribution in [2.24, 2.45) is 0 Å². The molecule has 0 fully saturated rings. The average molecular weight is 460 g/mol. The predicted octanol–water partition coefficient (Wildman–Crippen LogP) is 8.24. The van der Waals surface area contributed by atoms with E-state index in [9.17, 15) is 22.0 Å². The minimum Gasteiger partial charge on any atom is -0.434 e. The maximum Gasteiger partial charge on any atom is 0.416 e. The van der Waals surface area contributed by atoms with Gasteiger partial charge in [-0.05, 0) is 18.2 Å². The highest BCUT2D eigenvalue weighted by atomic mass is 35.5. The van der Waals surface area contributed by atoms with Crippen LogP contribution >= 0.6 is 58.0 Å². The van der Waals surface area contributed by atoms with Crippen molar-refractivity contribution in [2.75, 3.05) is 0 Å². The van der Waals surface area contributed by atoms with Crippen LogP contribution in [0.1, 0.15) is 5.56 Å². The van der Waals surface area contributed by atoms with Gasteiger partial charge in [0.2, 0.25) is 0 Å². The van der Waals surface area contributed by atoms with Crippen LogP contribution in [0.4, 0.5) is 22.0 Å². The average Bonchev–Trinajstić information content (AvgIpc) is 2.51. The second kappa shape index (κ2) is 7.53. The van der Waals surface area contributed by atoms with Gasteiger partial charge in [0.1, 0.15) is 5.75 Å². The quantitative estimate of drug-likeness (QED) is 0.255. The second-order valence-electron chi connectivity index (χ2n) is 4.53. The molecule has 2 rings (SSSR count). The van der Waals surface area contributed by atoms with E-state index in [1.807, 2.05) is 0 Å². The molecule has 0 aliphatic heterocycles. The molecule has 0 aliphatic rings. The Morgan fingerprint density at radius 2 is 1.28 bits per heavy atom. The molecule has 2 aromatic carbocycles. The maximum absolute atomic E-state index is 12.8. The fraction of sp³-hybridized carbons (Fsp3) is 0.143. The molecule has 0 unspecified atom stereocenters. The van der Waals surface area contributed by atoms with Crippen LogP contribution in [0.5, 0.6) is 5.75 Å². The van der Waals surface area contributed by atoms with Crippen molar-refractivity contribution in [3.63, 3.8) is 0 Å². The largest absolute Gasteiger partial charge is 0.434 e. The molecule has 0 atom stereocenters. The van der Waals surface area contributed by atoms with Gasteiger partial charge < -0.3 is 4.74 Å². The number of hydrogen-bond donors (Lipinski definition) is 0. The Kier molecular flexibility index (Phi) is 6.22. The first-order valence-electron chi connectivity index (χ1n) is 6.13. The molecule has 25 heavy (non-hydrogen) atoms. The molecule has 0 saturated carbocycles. The molecule has 0 saturated heterocycles. The highest BCUT2D eigenvalue weighted by Crippen LogP contribution is 2.50. The molecular weight excluding hydrogens is 456 g/mol. The first kappa shape index (κ1) is 20.6. The van der Waals surface area contributed by atoms with Crippen molar-refractivity contribution in [1.29, 1.82) is 0 Å². The van der Waals surface area contributed by atoms with Crippen LogP contribution in [0.3, 0.4) is 0 Å². The van der Waals surface area contributed by atoms with E-state index in [1.54, 1.807) is 0 Å². The van der Waals surface area contributed by atoms with E-state index in [2.05, 4.69) is 4.74 Å². The highest BCUT2D eigenvalue weighted by molar-refractivity contribution is 6.56. The summed E-state index contributed by atoms with van der Waals surface area (Å²) in [6.07, 6.45) is -4.78. The molecule has 0 aliphatic carbocycles. The number of rotatable bonds is 3. The standard InChI is InChI=1S/C14H4Cl5F5O/c15-8-7(9(16)11(18)12(19)10(8)17)5-2-1-4(14(22,23)24)3-6(5)25-13(20)21/h1-3,13H. The molecule has 0 spiro atoms. The van der Waals surface area contributed by atoms with Gasteiger partial charge in [0.15, 0.2) is 0 Å². The third-order valence-electron chi connectivity index (χ3n) is 3.00. The first-order chi connectivity index (χ1) is 11.4. The van der Waals surface area contributed by atoms with Crippen molar-refractivity contribution in [3.8, 4) is 16.9 Å². The summed E-state index contributed by atoms with van der Waals surface area (Å²) in [7, 11) is 0. The van der Waals surface area contributed by atoms with Crippen LogP contribution in [0, 0.1) is 0 Å². The topological polar surface area (TPSA) is 9.23 Å². The van der Waals surface area contributed by atoms with Gasteiger partial charge in [-0.3, -0.25) is 0 Å². The summed E-state index contributed by atoms with van der Waals surface area (Å²) in [5, 5.41) is -1.23. The van der Waals surface area contributed by atoms with Gasteiger partial charge in [0.25, 0.3) is 0 Å². The van der Waals surface area contributed by atoms with E-state index in [-0.39, 0.29) is 36.2 Å². The van der Waals surface area contributed by atoms with Gasteiger partial charge in [-0.25, -0.2) is 0 Å². The Morgan fingerprint density at radius 1 is 0.800 bits per heavy atom. The second-order valence-corrected chi connectivity index (χ2v) is 6.42. The lowest BCUT2D eigenvalue weighted by Gasteiger charge is -2.17. The summed E-state index contributed by atoms with van der Waals surface area (Å²) in [6, 6.07) is 1.91. The molecule has 11 heteroatoms. The molecule has 0 amide bonds. The zero-order chi connectivity index (χ0) is 19.1. The fourth-order valence-corrected chi connectivity index (χ4v) is 3.28. The van der Waals surface area contributed by atoms with Crippen molar-refractivity contribution in [3.05, 3.63) is 48.9 Å². The van der Waals surface area contributed by atoms with Crippen molar-refractivity contribution >= 4 is 58.0 Å². The first-order valence-corrected chi connectivity index (χ1v) is 8.02. The molecular formula is C14H4Cl5F5O. The lowest BCUT2D eigenvalue weighted by atomic mass is 10.0. The van der Waals surface area contributed by atoms with E-state index >= 15 is 0 Å². The molecule has 0 bridgehead atoms. The Hall–Kier alpha value is -0.660. The van der Waals surface area contributed by atoms with Gasteiger partial charge in [-0.2, -0.15) is 22.0 Å². The molecule has 0 heterocycles. The van der Waals surface area contributed by atoms with E-state index in [0.717, 1.165) is 6.07 Å². The van der Waals surface area contributed by atoms with E-state index in [4.69, 9.17) is 58.0 Å². The fourth-order valence-electron chi connectivity index (χ4n) is 1.94. The highest BCUT2D eigenvalue weighted by Gasteiger charge is 2.32. The predicted molar refractivity (Wildman–Crippen MR) is 88.6 cm³/mol. The van der Waals surface area contributed by atoms with Crippen molar-refractivity contribution in [2.45, 2.75) is 12.8 Å². The molecule has 0 radical (unpaired) electrons. The summed E-state index contributed by atoms with van der Waals surface area (Å²) >= 11 is 29.7. The van der Waals surface area contributed by atoms with Crippen LogP contribution in [-0.2, 0) is 6.18 Å². The minimum absolute atomic E-state index is 0.188. The number of alkyl halides is 5. The normalized spacial score (nSPS) is 12.0. The Morgan fingerprint density at radius 3 is 1.72 bits per heavy atom. The summed E-state index contributed by atoms with van der Waals surface area (Å²) in [6.45, 7) is -3.39. The van der Waals surface area contributed by atoms with E-state index < -0.39 is 24.1 Å². The molecule has 0 aromatic heterocycles. The van der Waals surface area contributed by atoms with Crippen molar-refractivity contribution in [1.82, 2.24) is 0 Å². The summed E-state index contributed by atoms with van der Waals surface area (Å²) in [5.74, 6) is -0.803. The lowest BCUT2D eigenvalue weighted by molar-refractivity contribution is -0.138. The monoisotopic (exact) mass is 458 g/mol. The number of benzene rings is 2. The Balaban J connectivity index is 2.79. The lowest BCUT2D eigenvalue weighted by Crippen LogP contribution is -2.08. The minimum atomic E-state index is -4.78. The molecule has 136 valence electrons. The third kappa shape index (κ3) is 4.19. The van der Waals surface area contributed by atoms with Crippen LogP contribution in [0.25, 0.3) is 11.1 Å². The maximum atomic E-state index is 12.8. The van der Waals surface area contributed by atoms with E-state index in [1.165, 1.54) is 0 Å². The smallest absolute Gasteiger partial charge is 0.416 e. The van der Waals surface area contributed by atoms with E-state index in [0.29, 0.717) is 12.1 Å². The van der Waals surface area contributed by atoms with Crippen LogP contribution in [-0.4, -0.2) is 6.61 Å². The molecule has 0 N–H and O–H groups in total. The zero-order valence-electron chi connectivity index (χ0n) is 11.5. The van der Waals surface area contributed by atoms with Gasteiger partial charge in [-0.15, -0.1) is 0 Å². The summed E-state index contributed by atoms with van der Waals surface area (Å²) in [4.78, 5) is 0. The van der Waals surface area contributed by atoms with Crippen LogP contribution < -0.4 is 4.74 Å². The summed E-state index contributed by atoms with van der Waals surface area (Å²) in [5.41, 5.74) is -1.65. The van der Waals surface area contributed by atoms with Gasteiger partial charge >= 0.3 is 12.8 Å². The number of hydrogen-bond acceptors (Lipinski definition) is 1. The van der Waals surface area contributed by atoms with Crippen LogP contribution in [0.15, 0.2) is 18.2 Å². The Labute approximate surface area is 163 Å². The molecule has 2 aromatic rings. The number of halogens is 10. The SMILES string of the molecule is FC(F)Oc1cc(C(F)(F)F)ccc1-c1c(Cl)c(Cl)c(Cl)c(Cl)c1Cl. The summed E-state index contributed by atoms with van der Waals surface area (Å²) < 4.78 is 67.9. The Bertz CT molecular complexity index is 793.